The molecule has 15 heavy (non-hydrogen) atoms. The zero-order chi connectivity index (χ0) is 10.5. The minimum Gasteiger partial charge on any atom is -0.369 e. The first-order valence-corrected chi connectivity index (χ1v) is 5.96. The number of anilines is 1. The molecule has 1 aromatic rings. The lowest BCUT2D eigenvalue weighted by molar-refractivity contribution is 0.567. The standard InChI is InChI=1S/C12H17ClN2/c13-11-5-1-2-6-12(11)15-9-4-3-7-14-8-10-15/h1-2,5-6,14H,3-4,7-10H2. The van der Waals surface area contributed by atoms with Crippen LogP contribution in [-0.4, -0.2) is 26.2 Å². The average Bonchev–Trinajstić information content (AvgIpc) is 2.19. The first kappa shape index (κ1) is 10.8. The summed E-state index contributed by atoms with van der Waals surface area (Å²) in [5.74, 6) is 0. The van der Waals surface area contributed by atoms with Gasteiger partial charge in [-0.3, -0.25) is 0 Å². The summed E-state index contributed by atoms with van der Waals surface area (Å²) >= 11 is 6.19. The fourth-order valence-corrected chi connectivity index (χ4v) is 2.21. The quantitative estimate of drug-likeness (QED) is 0.789. The summed E-state index contributed by atoms with van der Waals surface area (Å²) in [7, 11) is 0. The summed E-state index contributed by atoms with van der Waals surface area (Å²) in [4.78, 5) is 2.37. The highest BCUT2D eigenvalue weighted by Crippen LogP contribution is 2.25. The molecule has 2 rings (SSSR count). The van der Waals surface area contributed by atoms with E-state index in [0.717, 1.165) is 31.2 Å². The third-order valence-corrected chi connectivity index (χ3v) is 3.10. The van der Waals surface area contributed by atoms with E-state index in [9.17, 15) is 0 Å². The van der Waals surface area contributed by atoms with Gasteiger partial charge in [-0.15, -0.1) is 0 Å². The molecule has 0 saturated carbocycles. The zero-order valence-corrected chi connectivity index (χ0v) is 9.63. The number of rotatable bonds is 1. The molecular weight excluding hydrogens is 208 g/mol. The summed E-state index contributed by atoms with van der Waals surface area (Å²) in [5.41, 5.74) is 1.17. The second-order valence-electron chi connectivity index (χ2n) is 3.90. The van der Waals surface area contributed by atoms with Gasteiger partial charge in [0, 0.05) is 19.6 Å². The third kappa shape index (κ3) is 2.86. The molecule has 2 nitrogen and oxygen atoms in total. The summed E-state index contributed by atoms with van der Waals surface area (Å²) in [6, 6.07) is 8.09. The lowest BCUT2D eigenvalue weighted by Gasteiger charge is -2.27. The van der Waals surface area contributed by atoms with Crippen molar-refractivity contribution in [3.05, 3.63) is 29.3 Å². The fraction of sp³-hybridized carbons (Fsp3) is 0.500. The van der Waals surface area contributed by atoms with Crippen LogP contribution in [0.15, 0.2) is 24.3 Å². The monoisotopic (exact) mass is 224 g/mol. The van der Waals surface area contributed by atoms with Crippen LogP contribution in [-0.2, 0) is 0 Å². The van der Waals surface area contributed by atoms with Crippen LogP contribution in [0.3, 0.4) is 0 Å². The van der Waals surface area contributed by atoms with Gasteiger partial charge in [0.15, 0.2) is 0 Å². The molecule has 0 aliphatic carbocycles. The summed E-state index contributed by atoms with van der Waals surface area (Å²) in [5, 5.41) is 4.28. The molecule has 1 saturated heterocycles. The van der Waals surface area contributed by atoms with Crippen molar-refractivity contribution < 1.29 is 0 Å². The Hall–Kier alpha value is -0.730. The smallest absolute Gasteiger partial charge is 0.0639 e. The molecule has 0 atom stereocenters. The molecule has 1 aliphatic rings. The molecule has 0 aromatic heterocycles. The van der Waals surface area contributed by atoms with Gasteiger partial charge in [0.2, 0.25) is 0 Å². The Kier molecular flexibility index (Phi) is 3.87. The van der Waals surface area contributed by atoms with Crippen LogP contribution in [0.1, 0.15) is 12.8 Å². The van der Waals surface area contributed by atoms with Gasteiger partial charge >= 0.3 is 0 Å². The number of halogens is 1. The van der Waals surface area contributed by atoms with Gasteiger partial charge in [-0.25, -0.2) is 0 Å². The predicted octanol–water partition coefficient (Wildman–Crippen LogP) is 2.53. The van der Waals surface area contributed by atoms with Crippen molar-refractivity contribution >= 4 is 17.3 Å². The van der Waals surface area contributed by atoms with Gasteiger partial charge in [-0.05, 0) is 31.5 Å². The van der Waals surface area contributed by atoms with E-state index in [2.05, 4.69) is 16.3 Å². The van der Waals surface area contributed by atoms with E-state index in [1.165, 1.54) is 18.5 Å². The molecule has 0 radical (unpaired) electrons. The largest absolute Gasteiger partial charge is 0.369 e. The number of para-hydroxylation sites is 1. The van der Waals surface area contributed by atoms with Gasteiger partial charge in [0.25, 0.3) is 0 Å². The van der Waals surface area contributed by atoms with E-state index < -0.39 is 0 Å². The highest BCUT2D eigenvalue weighted by molar-refractivity contribution is 6.33. The maximum absolute atomic E-state index is 6.19. The van der Waals surface area contributed by atoms with Crippen LogP contribution < -0.4 is 10.2 Å². The topological polar surface area (TPSA) is 15.3 Å². The molecular formula is C12H17ClN2. The van der Waals surface area contributed by atoms with Gasteiger partial charge in [-0.2, -0.15) is 0 Å². The zero-order valence-electron chi connectivity index (χ0n) is 8.88. The van der Waals surface area contributed by atoms with E-state index in [4.69, 9.17) is 11.6 Å². The minimum absolute atomic E-state index is 0.859. The third-order valence-electron chi connectivity index (χ3n) is 2.78. The molecule has 0 spiro atoms. The second kappa shape index (κ2) is 5.38. The van der Waals surface area contributed by atoms with Crippen molar-refractivity contribution in [1.82, 2.24) is 5.32 Å². The number of benzene rings is 1. The van der Waals surface area contributed by atoms with Crippen LogP contribution >= 0.6 is 11.6 Å². The molecule has 1 aromatic carbocycles. The van der Waals surface area contributed by atoms with Gasteiger partial charge in [0.1, 0.15) is 0 Å². The van der Waals surface area contributed by atoms with Crippen molar-refractivity contribution in [2.45, 2.75) is 12.8 Å². The molecule has 0 unspecified atom stereocenters. The normalized spacial score (nSPS) is 18.3. The van der Waals surface area contributed by atoms with E-state index >= 15 is 0 Å². The van der Waals surface area contributed by atoms with Crippen LogP contribution in [0.4, 0.5) is 5.69 Å². The average molecular weight is 225 g/mol. The van der Waals surface area contributed by atoms with E-state index in [1.807, 2.05) is 18.2 Å². The highest BCUT2D eigenvalue weighted by Gasteiger charge is 2.10. The summed E-state index contributed by atoms with van der Waals surface area (Å²) < 4.78 is 0. The maximum Gasteiger partial charge on any atom is 0.0639 e. The molecule has 1 heterocycles. The Morgan fingerprint density at radius 2 is 1.93 bits per heavy atom. The summed E-state index contributed by atoms with van der Waals surface area (Å²) in [6.07, 6.45) is 2.49. The Morgan fingerprint density at radius 1 is 1.07 bits per heavy atom. The fourth-order valence-electron chi connectivity index (χ4n) is 1.95. The van der Waals surface area contributed by atoms with Gasteiger partial charge < -0.3 is 10.2 Å². The lowest BCUT2D eigenvalue weighted by Crippen LogP contribution is -2.36. The molecule has 1 aliphatic heterocycles. The molecule has 0 amide bonds. The Labute approximate surface area is 96.2 Å². The van der Waals surface area contributed by atoms with Crippen LogP contribution in [0, 0.1) is 0 Å². The van der Waals surface area contributed by atoms with E-state index in [0.29, 0.717) is 0 Å². The van der Waals surface area contributed by atoms with Crippen molar-refractivity contribution in [2.24, 2.45) is 0 Å². The number of hydrogen-bond donors (Lipinski definition) is 1. The van der Waals surface area contributed by atoms with Crippen molar-refractivity contribution in [1.29, 1.82) is 0 Å². The first-order chi connectivity index (χ1) is 7.38. The minimum atomic E-state index is 0.859. The summed E-state index contributed by atoms with van der Waals surface area (Å²) in [6.45, 7) is 4.36. The lowest BCUT2D eigenvalue weighted by atomic mass is 10.2. The van der Waals surface area contributed by atoms with Crippen molar-refractivity contribution in [3.8, 4) is 0 Å². The number of nitrogens with one attached hydrogen (secondary N) is 1. The predicted molar refractivity (Wildman–Crippen MR) is 65.8 cm³/mol. The molecule has 82 valence electrons. The maximum atomic E-state index is 6.19. The van der Waals surface area contributed by atoms with Gasteiger partial charge in [-0.1, -0.05) is 23.7 Å². The van der Waals surface area contributed by atoms with E-state index in [1.54, 1.807) is 0 Å². The molecule has 1 N–H and O–H groups in total. The number of nitrogens with zero attached hydrogens (tertiary/aromatic N) is 1. The molecule has 0 bridgehead atoms. The van der Waals surface area contributed by atoms with Gasteiger partial charge in [0.05, 0.1) is 10.7 Å². The highest BCUT2D eigenvalue weighted by atomic mass is 35.5. The van der Waals surface area contributed by atoms with E-state index in [-0.39, 0.29) is 0 Å². The molecule has 1 fully saturated rings. The van der Waals surface area contributed by atoms with Crippen molar-refractivity contribution in [2.75, 3.05) is 31.1 Å². The Morgan fingerprint density at radius 3 is 2.80 bits per heavy atom. The number of hydrogen-bond acceptors (Lipinski definition) is 2. The molecule has 3 heteroatoms. The van der Waals surface area contributed by atoms with Crippen LogP contribution in [0.25, 0.3) is 0 Å². The Bertz CT molecular complexity index is 306. The first-order valence-electron chi connectivity index (χ1n) is 5.58. The second-order valence-corrected chi connectivity index (χ2v) is 4.30. The van der Waals surface area contributed by atoms with Crippen LogP contribution in [0.2, 0.25) is 5.02 Å². The SMILES string of the molecule is Clc1ccccc1N1CCCCNCC1. The van der Waals surface area contributed by atoms with Crippen LogP contribution in [0.5, 0.6) is 0 Å². The van der Waals surface area contributed by atoms with Crippen molar-refractivity contribution in [3.63, 3.8) is 0 Å². The Balaban J connectivity index is 2.10.